The van der Waals surface area contributed by atoms with Gasteiger partial charge in [-0.3, -0.25) is 14.3 Å². The number of morpholine rings is 1. The first-order chi connectivity index (χ1) is 23.6. The molecule has 1 aliphatic heterocycles. The number of aromatic nitrogens is 4. The molecular formula is C37H60N6O5Si2. The molecule has 1 saturated heterocycles. The van der Waals surface area contributed by atoms with Gasteiger partial charge in [0.05, 0.1) is 36.9 Å². The second-order valence-electron chi connectivity index (χ2n) is 17.6. The highest BCUT2D eigenvalue weighted by Gasteiger charge is 2.54. The van der Waals surface area contributed by atoms with Crippen LogP contribution < -0.4 is 4.90 Å². The third-order valence-electron chi connectivity index (χ3n) is 11.1. The highest BCUT2D eigenvalue weighted by atomic mass is 28.3. The average Bonchev–Trinajstić information content (AvgIpc) is 3.43. The van der Waals surface area contributed by atoms with Crippen molar-refractivity contribution >= 4 is 38.8 Å². The number of aliphatic hydroxyl groups excluding tert-OH is 1. The number of benzene rings is 1. The first-order valence-electron chi connectivity index (χ1n) is 18.6. The second kappa shape index (κ2) is 14.6. The fourth-order valence-electron chi connectivity index (χ4n) is 7.40. The van der Waals surface area contributed by atoms with E-state index in [1.54, 1.807) is 4.90 Å². The third kappa shape index (κ3) is 8.14. The van der Waals surface area contributed by atoms with Gasteiger partial charge in [-0.05, 0) is 61.7 Å². The Morgan fingerprint density at radius 1 is 1.08 bits per heavy atom. The molecule has 6 rings (SSSR count). The van der Waals surface area contributed by atoms with Crippen LogP contribution in [0.4, 0.5) is 5.69 Å². The number of fused-ring (bicyclic) bond motifs is 3. The van der Waals surface area contributed by atoms with Gasteiger partial charge in [-0.15, -0.1) is 0 Å². The van der Waals surface area contributed by atoms with Crippen molar-refractivity contribution < 1.29 is 24.1 Å². The summed E-state index contributed by atoms with van der Waals surface area (Å²) < 4.78 is 22.4. The number of carbonyl (C=O) groups excluding carboxylic acids is 1. The van der Waals surface area contributed by atoms with Crippen molar-refractivity contribution in [2.75, 3.05) is 51.5 Å². The van der Waals surface area contributed by atoms with E-state index in [0.29, 0.717) is 55.7 Å². The number of ether oxygens (including phenoxy) is 3. The van der Waals surface area contributed by atoms with E-state index >= 15 is 0 Å². The number of hydrogen-bond acceptors (Lipinski definition) is 8. The Balaban J connectivity index is 1.40. The second-order valence-corrected chi connectivity index (χ2v) is 28.9. The predicted octanol–water partition coefficient (Wildman–Crippen LogP) is 5.83. The third-order valence-corrected chi connectivity index (χ3v) is 14.5. The van der Waals surface area contributed by atoms with Crippen molar-refractivity contribution in [3.63, 3.8) is 0 Å². The van der Waals surface area contributed by atoms with E-state index in [0.717, 1.165) is 67.3 Å². The number of hydrogen-bond donors (Lipinski definition) is 1. The average molecular weight is 725 g/mol. The topological polar surface area (TPSA) is 107 Å². The van der Waals surface area contributed by atoms with Gasteiger partial charge in [-0.1, -0.05) is 46.2 Å². The molecule has 276 valence electrons. The van der Waals surface area contributed by atoms with Crippen LogP contribution in [0, 0.1) is 11.3 Å². The van der Waals surface area contributed by atoms with Crippen LogP contribution in [0.15, 0.2) is 12.1 Å². The monoisotopic (exact) mass is 724 g/mol. The van der Waals surface area contributed by atoms with Crippen molar-refractivity contribution in [1.82, 2.24) is 24.2 Å². The van der Waals surface area contributed by atoms with Gasteiger partial charge in [0.1, 0.15) is 19.2 Å². The van der Waals surface area contributed by atoms with E-state index in [4.69, 9.17) is 24.3 Å². The number of anilines is 1. The minimum absolute atomic E-state index is 0.00207. The Kier molecular flexibility index (Phi) is 10.9. The molecule has 2 fully saturated rings. The summed E-state index contributed by atoms with van der Waals surface area (Å²) in [6, 6.07) is 5.80. The molecule has 3 aromatic rings. The molecule has 13 heteroatoms. The van der Waals surface area contributed by atoms with E-state index in [9.17, 15) is 9.90 Å². The van der Waals surface area contributed by atoms with Gasteiger partial charge in [-0.2, -0.15) is 5.10 Å². The number of imidazole rings is 1. The van der Waals surface area contributed by atoms with E-state index in [1.165, 1.54) is 17.7 Å². The lowest BCUT2D eigenvalue weighted by molar-refractivity contribution is -0.124. The first kappa shape index (κ1) is 37.4. The fraction of sp³-hybridized carbons (Fsp3) is 0.703. The molecule has 1 aromatic carbocycles. The number of carbonyl (C=O) groups is 1. The maximum Gasteiger partial charge on any atom is 0.243 e. The van der Waals surface area contributed by atoms with Crippen LogP contribution in [0.1, 0.15) is 37.1 Å². The van der Waals surface area contributed by atoms with Crippen LogP contribution >= 0.6 is 0 Å². The molecule has 3 heterocycles. The highest BCUT2D eigenvalue weighted by Crippen LogP contribution is 2.60. The molecule has 50 heavy (non-hydrogen) atoms. The van der Waals surface area contributed by atoms with Gasteiger partial charge in [0.2, 0.25) is 5.91 Å². The number of nitrogens with zero attached hydrogens (tertiary/aromatic N) is 6. The van der Waals surface area contributed by atoms with Crippen LogP contribution in [-0.2, 0) is 51.9 Å². The minimum atomic E-state index is -1.31. The molecular weight excluding hydrogens is 665 g/mol. The summed E-state index contributed by atoms with van der Waals surface area (Å²) in [5.74, 6) is 1.40. The zero-order chi connectivity index (χ0) is 36.0. The van der Waals surface area contributed by atoms with Gasteiger partial charge < -0.3 is 24.2 Å². The Bertz CT molecular complexity index is 1690. The van der Waals surface area contributed by atoms with Crippen LogP contribution in [0.5, 0.6) is 0 Å². The van der Waals surface area contributed by atoms with Gasteiger partial charge in [0, 0.05) is 72.0 Å². The standard InChI is InChI=1S/C37H60N6O5Si2/c1-26(41-10-12-46-13-11-41)36(45)40(3)29-18-27(23-44)33-31(20-29)42(24-47-14-16-49(4,5)6)35(38-33)34-30-19-28-21-37(28,2)22-32(30)43(39-34)25-48-15-17-50(7,8)9/h18,20,26,28,44H,10-17,19,21-25H2,1-9H3/t26?,28-,37-/m1/s1. The predicted molar refractivity (Wildman–Crippen MR) is 204 cm³/mol. The highest BCUT2D eigenvalue weighted by molar-refractivity contribution is 6.76. The molecule has 1 unspecified atom stereocenters. The zero-order valence-corrected chi connectivity index (χ0v) is 34.0. The van der Waals surface area contributed by atoms with Crippen LogP contribution in [0.25, 0.3) is 22.6 Å². The molecule has 3 aliphatic rings. The van der Waals surface area contributed by atoms with Crippen LogP contribution in [0.3, 0.4) is 0 Å². The molecule has 11 nitrogen and oxygen atoms in total. The molecule has 2 aliphatic carbocycles. The molecule has 2 aromatic heterocycles. The number of aliphatic hydroxyl groups is 1. The minimum Gasteiger partial charge on any atom is -0.392 e. The van der Waals surface area contributed by atoms with E-state index in [-0.39, 0.29) is 18.6 Å². The molecule has 1 amide bonds. The molecule has 1 N–H and O–H groups in total. The van der Waals surface area contributed by atoms with Crippen molar-refractivity contribution in [1.29, 1.82) is 0 Å². The van der Waals surface area contributed by atoms with Crippen molar-refractivity contribution in [3.05, 3.63) is 29.0 Å². The summed E-state index contributed by atoms with van der Waals surface area (Å²) in [4.78, 5) is 22.9. The Morgan fingerprint density at radius 3 is 2.38 bits per heavy atom. The van der Waals surface area contributed by atoms with Gasteiger partial charge in [0.15, 0.2) is 5.82 Å². The first-order valence-corrected chi connectivity index (χ1v) is 26.0. The summed E-state index contributed by atoms with van der Waals surface area (Å²) in [7, 11) is -0.706. The maximum atomic E-state index is 13.8. The zero-order valence-electron chi connectivity index (χ0n) is 32.0. The van der Waals surface area contributed by atoms with Crippen molar-refractivity contribution in [2.24, 2.45) is 11.3 Å². The van der Waals surface area contributed by atoms with E-state index < -0.39 is 16.1 Å². The Hall–Kier alpha value is -2.40. The Labute approximate surface area is 300 Å². The Morgan fingerprint density at radius 2 is 1.74 bits per heavy atom. The molecule has 0 spiro atoms. The van der Waals surface area contributed by atoms with Crippen LogP contribution in [0.2, 0.25) is 51.4 Å². The summed E-state index contributed by atoms with van der Waals surface area (Å²) >= 11 is 0. The quantitative estimate of drug-likeness (QED) is 0.154. The summed E-state index contributed by atoms with van der Waals surface area (Å²) in [5.41, 5.74) is 6.66. The van der Waals surface area contributed by atoms with Gasteiger partial charge >= 0.3 is 0 Å². The summed E-state index contributed by atoms with van der Waals surface area (Å²) in [6.07, 6.45) is 3.20. The smallest absolute Gasteiger partial charge is 0.243 e. The van der Waals surface area contributed by atoms with E-state index in [2.05, 4.69) is 60.4 Å². The number of amides is 1. The summed E-state index contributed by atoms with van der Waals surface area (Å²) in [5, 5.41) is 15.9. The lowest BCUT2D eigenvalue weighted by atomic mass is 9.87. The number of rotatable bonds is 15. The van der Waals surface area contributed by atoms with E-state index in [1.807, 2.05) is 26.1 Å². The van der Waals surface area contributed by atoms with Gasteiger partial charge in [-0.25, -0.2) is 9.67 Å². The molecule has 3 atom stereocenters. The maximum absolute atomic E-state index is 13.8. The lowest BCUT2D eigenvalue weighted by Crippen LogP contribution is -2.50. The summed E-state index contributed by atoms with van der Waals surface area (Å²) in [6.45, 7) is 23.2. The number of likely N-dealkylation sites (N-methyl/N-ethyl adjacent to an activating group) is 1. The largest absolute Gasteiger partial charge is 0.392 e. The molecule has 1 saturated carbocycles. The molecule has 0 radical (unpaired) electrons. The van der Waals surface area contributed by atoms with Crippen LogP contribution in [-0.4, -0.2) is 104 Å². The van der Waals surface area contributed by atoms with Crippen molar-refractivity contribution in [3.8, 4) is 11.5 Å². The van der Waals surface area contributed by atoms with Gasteiger partial charge in [0.25, 0.3) is 0 Å². The lowest BCUT2D eigenvalue weighted by Gasteiger charge is -2.33. The fourth-order valence-corrected chi connectivity index (χ4v) is 8.91. The molecule has 0 bridgehead atoms. The SMILES string of the molecule is CC(C(=O)N(C)c1cc(CO)c2nc(-c3nn(COCC[Si](C)(C)C)c4c3C[C@@H]3C[C@]3(C)C4)n(COCC[Si](C)(C)C)c2c1)N1CCOCC1. The normalized spacial score (nSPS) is 21.7. The van der Waals surface area contributed by atoms with Crippen molar-refractivity contribution in [2.45, 2.75) is 111 Å².